The Bertz CT molecular complexity index is 1180. The van der Waals surface area contributed by atoms with Gasteiger partial charge in [-0.1, -0.05) is 59.3 Å². The van der Waals surface area contributed by atoms with E-state index in [1.165, 1.54) is 11.3 Å². The van der Waals surface area contributed by atoms with Crippen LogP contribution < -0.4 is 4.90 Å². The van der Waals surface area contributed by atoms with Crippen molar-refractivity contribution in [2.75, 3.05) is 23.8 Å². The molecule has 0 radical (unpaired) electrons. The lowest BCUT2D eigenvalue weighted by molar-refractivity contribution is -0.119. The maximum atomic E-state index is 13.2. The Morgan fingerprint density at radius 3 is 2.73 bits per heavy atom. The average Bonchev–Trinajstić information content (AvgIpc) is 3.45. The second-order valence-electron chi connectivity index (χ2n) is 8.36. The number of amides is 1. The van der Waals surface area contributed by atoms with Gasteiger partial charge in [-0.2, -0.15) is 0 Å². The van der Waals surface area contributed by atoms with Crippen LogP contribution in [0, 0.1) is 6.92 Å². The van der Waals surface area contributed by atoms with Crippen molar-refractivity contribution in [3.05, 3.63) is 58.6 Å². The predicted octanol–water partition coefficient (Wildman–Crippen LogP) is 5.17. The first kappa shape index (κ1) is 24.1. The van der Waals surface area contributed by atoms with Gasteiger partial charge in [0.1, 0.15) is 0 Å². The van der Waals surface area contributed by atoms with Crippen molar-refractivity contribution >= 4 is 54.0 Å². The number of carbonyl (C=O) groups excluding carboxylic acids is 1. The molecule has 2 aromatic carbocycles. The molecule has 3 aromatic rings. The molecule has 0 bridgehead atoms. The number of nitrogens with zero attached hydrogens (tertiary/aromatic N) is 2. The van der Waals surface area contributed by atoms with Crippen molar-refractivity contribution in [1.29, 1.82) is 0 Å². The maximum absolute atomic E-state index is 13.2. The fraction of sp³-hybridized carbons (Fsp3) is 0.417. The zero-order chi connectivity index (χ0) is 23.4. The molecule has 1 aliphatic rings. The molecule has 1 aliphatic heterocycles. The first-order valence-electron chi connectivity index (χ1n) is 11.0. The minimum absolute atomic E-state index is 0.0166. The van der Waals surface area contributed by atoms with Crippen molar-refractivity contribution in [1.82, 2.24) is 4.98 Å². The number of hydrogen-bond acceptors (Lipinski definition) is 6. The van der Waals surface area contributed by atoms with E-state index < -0.39 is 9.84 Å². The number of benzene rings is 2. The normalized spacial score (nSPS) is 16.4. The lowest BCUT2D eigenvalue weighted by atomic mass is 10.2. The number of thiazole rings is 1. The number of fused-ring (bicyclic) bond motifs is 1. The molecule has 33 heavy (non-hydrogen) atoms. The third kappa shape index (κ3) is 6.12. The van der Waals surface area contributed by atoms with Gasteiger partial charge in [-0.05, 0) is 43.4 Å². The number of aryl methyl sites for hydroxylation is 1. The zero-order valence-corrected chi connectivity index (χ0v) is 20.9. The highest BCUT2D eigenvalue weighted by Crippen LogP contribution is 2.36. The Morgan fingerprint density at radius 1 is 1.24 bits per heavy atom. The SMILES string of the molecule is Cc1ccc(Cl)c2sc(N(CC3CCCO3)C(=O)CCCS(=O)(=O)Cc3ccccc3)nc12. The number of ether oxygens (including phenoxy) is 1. The summed E-state index contributed by atoms with van der Waals surface area (Å²) in [6.45, 7) is 3.06. The maximum Gasteiger partial charge on any atom is 0.228 e. The minimum atomic E-state index is -3.30. The molecule has 4 rings (SSSR count). The fourth-order valence-corrected chi connectivity index (χ4v) is 6.74. The Balaban J connectivity index is 1.47. The lowest BCUT2D eigenvalue weighted by Gasteiger charge is -2.23. The first-order chi connectivity index (χ1) is 15.8. The number of halogens is 1. The molecule has 1 fully saturated rings. The standard InChI is InChI=1S/C24H27ClN2O4S2/c1-17-11-12-20(25)23-22(17)26-24(32-23)27(15-19-9-5-13-31-19)21(28)10-6-14-33(29,30)16-18-7-3-2-4-8-18/h2-4,7-8,11-12,19H,5-6,9-10,13-16H2,1H3. The molecular formula is C24H27ClN2O4S2. The van der Waals surface area contributed by atoms with E-state index in [-0.39, 0.29) is 36.4 Å². The summed E-state index contributed by atoms with van der Waals surface area (Å²) in [5.41, 5.74) is 2.54. The van der Waals surface area contributed by atoms with Crippen LogP contribution in [0.5, 0.6) is 0 Å². The third-order valence-electron chi connectivity index (χ3n) is 5.70. The highest BCUT2D eigenvalue weighted by atomic mass is 35.5. The Morgan fingerprint density at radius 2 is 2.03 bits per heavy atom. The number of aromatic nitrogens is 1. The topological polar surface area (TPSA) is 76.6 Å². The van der Waals surface area contributed by atoms with Crippen LogP contribution >= 0.6 is 22.9 Å². The van der Waals surface area contributed by atoms with Gasteiger partial charge in [0.2, 0.25) is 5.91 Å². The molecule has 1 aromatic heterocycles. The van der Waals surface area contributed by atoms with Gasteiger partial charge >= 0.3 is 0 Å². The highest BCUT2D eigenvalue weighted by Gasteiger charge is 2.27. The van der Waals surface area contributed by atoms with Crippen LogP contribution in [-0.2, 0) is 25.1 Å². The molecular weight excluding hydrogens is 480 g/mol. The molecule has 1 unspecified atom stereocenters. The molecule has 0 saturated carbocycles. The minimum Gasteiger partial charge on any atom is -0.376 e. The molecule has 176 valence electrons. The second-order valence-corrected chi connectivity index (χ2v) is 11.9. The summed E-state index contributed by atoms with van der Waals surface area (Å²) < 4.78 is 31.7. The van der Waals surface area contributed by atoms with E-state index >= 15 is 0 Å². The molecule has 1 saturated heterocycles. The van der Waals surface area contributed by atoms with Crippen molar-refractivity contribution in [3.63, 3.8) is 0 Å². The average molecular weight is 507 g/mol. The van der Waals surface area contributed by atoms with Crippen LogP contribution in [0.3, 0.4) is 0 Å². The molecule has 2 heterocycles. The van der Waals surface area contributed by atoms with Crippen LogP contribution in [0.2, 0.25) is 5.02 Å². The number of anilines is 1. The second kappa shape index (κ2) is 10.5. The summed E-state index contributed by atoms with van der Waals surface area (Å²) in [7, 11) is -3.30. The van der Waals surface area contributed by atoms with Crippen LogP contribution in [0.4, 0.5) is 5.13 Å². The number of hydrogen-bond donors (Lipinski definition) is 0. The van der Waals surface area contributed by atoms with E-state index in [0.717, 1.165) is 34.2 Å². The van der Waals surface area contributed by atoms with Gasteiger partial charge in [0, 0.05) is 13.0 Å². The number of rotatable bonds is 9. The Labute approximate surface area is 203 Å². The lowest BCUT2D eigenvalue weighted by Crippen LogP contribution is -2.37. The van der Waals surface area contributed by atoms with E-state index in [1.54, 1.807) is 17.0 Å². The molecule has 1 amide bonds. The largest absolute Gasteiger partial charge is 0.376 e. The van der Waals surface area contributed by atoms with E-state index in [9.17, 15) is 13.2 Å². The van der Waals surface area contributed by atoms with Gasteiger partial charge in [-0.3, -0.25) is 9.69 Å². The first-order valence-corrected chi connectivity index (χ1v) is 14.1. The van der Waals surface area contributed by atoms with Gasteiger partial charge in [0.05, 0.1) is 39.4 Å². The van der Waals surface area contributed by atoms with E-state index in [0.29, 0.717) is 23.3 Å². The summed E-state index contributed by atoms with van der Waals surface area (Å²) in [6, 6.07) is 12.8. The van der Waals surface area contributed by atoms with Gasteiger partial charge in [-0.25, -0.2) is 13.4 Å². The van der Waals surface area contributed by atoms with Gasteiger partial charge < -0.3 is 4.74 Å². The van der Waals surface area contributed by atoms with Crippen molar-refractivity contribution < 1.29 is 17.9 Å². The summed E-state index contributed by atoms with van der Waals surface area (Å²) in [6.07, 6.45) is 2.21. The van der Waals surface area contributed by atoms with Gasteiger partial charge in [-0.15, -0.1) is 0 Å². The Kier molecular flexibility index (Phi) is 7.69. The third-order valence-corrected chi connectivity index (χ3v) is 8.93. The summed E-state index contributed by atoms with van der Waals surface area (Å²) in [4.78, 5) is 19.6. The zero-order valence-electron chi connectivity index (χ0n) is 18.5. The number of sulfone groups is 1. The van der Waals surface area contributed by atoms with Crippen LogP contribution in [-0.4, -0.2) is 44.3 Å². The van der Waals surface area contributed by atoms with Gasteiger partial charge in [0.25, 0.3) is 0 Å². The Hall–Kier alpha value is -2.00. The molecule has 9 heteroatoms. The molecule has 0 aliphatic carbocycles. The van der Waals surface area contributed by atoms with E-state index in [1.807, 2.05) is 37.3 Å². The highest BCUT2D eigenvalue weighted by molar-refractivity contribution is 7.90. The summed E-state index contributed by atoms with van der Waals surface area (Å²) >= 11 is 7.76. The smallest absolute Gasteiger partial charge is 0.228 e. The van der Waals surface area contributed by atoms with Gasteiger partial charge in [0.15, 0.2) is 15.0 Å². The summed E-state index contributed by atoms with van der Waals surface area (Å²) in [5.74, 6) is -0.197. The predicted molar refractivity (Wildman–Crippen MR) is 134 cm³/mol. The van der Waals surface area contributed by atoms with Crippen molar-refractivity contribution in [3.8, 4) is 0 Å². The van der Waals surface area contributed by atoms with Crippen molar-refractivity contribution in [2.24, 2.45) is 0 Å². The fourth-order valence-electron chi connectivity index (χ4n) is 3.96. The van der Waals surface area contributed by atoms with Crippen LogP contribution in [0.1, 0.15) is 36.8 Å². The quantitative estimate of drug-likeness (QED) is 0.400. The molecule has 0 N–H and O–H groups in total. The molecule has 6 nitrogen and oxygen atoms in total. The van der Waals surface area contributed by atoms with Crippen LogP contribution in [0.25, 0.3) is 10.2 Å². The van der Waals surface area contributed by atoms with E-state index in [4.69, 9.17) is 21.3 Å². The van der Waals surface area contributed by atoms with Crippen LogP contribution in [0.15, 0.2) is 42.5 Å². The summed E-state index contributed by atoms with van der Waals surface area (Å²) in [5, 5.41) is 1.18. The van der Waals surface area contributed by atoms with E-state index in [2.05, 4.69) is 0 Å². The molecule has 0 spiro atoms. The molecule has 1 atom stereocenters. The monoisotopic (exact) mass is 506 g/mol. The number of carbonyl (C=O) groups is 1. The van der Waals surface area contributed by atoms with Crippen molar-refractivity contribution in [2.45, 2.75) is 44.5 Å².